The SMILES string of the molecule is C[C@H]1CO[C@@]2(O[C@H]3C[C@H]4[C@@H]5CC(=O)[C@H]6C[C@@H](O)CC[C@]6(C)[C@H]5CC[C@]4(C)[C@H]3[C@@H]2C)C(=O)C1. The van der Waals surface area contributed by atoms with Crippen molar-refractivity contribution in [3.63, 3.8) is 0 Å². The molecule has 0 bridgehead atoms. The van der Waals surface area contributed by atoms with Gasteiger partial charge in [0, 0.05) is 24.7 Å². The molecule has 0 unspecified atom stereocenters. The van der Waals surface area contributed by atoms with Gasteiger partial charge in [-0.15, -0.1) is 0 Å². The third kappa shape index (κ3) is 2.62. The molecular weight excluding hydrogens is 404 g/mol. The van der Waals surface area contributed by atoms with E-state index in [2.05, 4.69) is 27.7 Å². The molecule has 32 heavy (non-hydrogen) atoms. The quantitative estimate of drug-likeness (QED) is 0.608. The summed E-state index contributed by atoms with van der Waals surface area (Å²) in [5, 5.41) is 10.3. The average molecular weight is 445 g/mol. The minimum atomic E-state index is -1.04. The number of hydrogen-bond acceptors (Lipinski definition) is 5. The van der Waals surface area contributed by atoms with E-state index in [0.717, 1.165) is 32.1 Å². The molecular formula is C27H40O5. The smallest absolute Gasteiger partial charge is 0.232 e. The van der Waals surface area contributed by atoms with Crippen LogP contribution in [0.15, 0.2) is 0 Å². The molecule has 5 nitrogen and oxygen atoms in total. The van der Waals surface area contributed by atoms with Crippen LogP contribution in [0.3, 0.4) is 0 Å². The number of carbonyl (C=O) groups is 2. The number of carbonyl (C=O) groups excluding carboxylic acids is 2. The highest BCUT2D eigenvalue weighted by Gasteiger charge is 2.71. The van der Waals surface area contributed by atoms with Gasteiger partial charge >= 0.3 is 0 Å². The summed E-state index contributed by atoms with van der Waals surface area (Å²) in [6.45, 7) is 9.63. The van der Waals surface area contributed by atoms with Gasteiger partial charge in [0.05, 0.1) is 18.8 Å². The van der Waals surface area contributed by atoms with Crippen LogP contribution in [0.5, 0.6) is 0 Å². The predicted octanol–water partition coefficient (Wildman–Crippen LogP) is 4.15. The Bertz CT molecular complexity index is 840. The van der Waals surface area contributed by atoms with Crippen molar-refractivity contribution in [3.05, 3.63) is 0 Å². The minimum Gasteiger partial charge on any atom is -0.393 e. The number of rotatable bonds is 0. The van der Waals surface area contributed by atoms with E-state index in [9.17, 15) is 14.7 Å². The molecule has 178 valence electrons. The molecule has 2 heterocycles. The summed E-state index contributed by atoms with van der Waals surface area (Å²) < 4.78 is 12.8. The van der Waals surface area contributed by atoms with Gasteiger partial charge in [0.1, 0.15) is 5.78 Å². The zero-order chi connectivity index (χ0) is 22.6. The van der Waals surface area contributed by atoms with Crippen LogP contribution >= 0.6 is 0 Å². The van der Waals surface area contributed by atoms with Crippen LogP contribution in [0, 0.1) is 52.3 Å². The minimum absolute atomic E-state index is 0.0323. The van der Waals surface area contributed by atoms with Crippen molar-refractivity contribution in [2.24, 2.45) is 52.3 Å². The lowest BCUT2D eigenvalue weighted by Crippen LogP contribution is -2.58. The highest BCUT2D eigenvalue weighted by molar-refractivity contribution is 5.87. The monoisotopic (exact) mass is 444 g/mol. The zero-order valence-electron chi connectivity index (χ0n) is 20.1. The van der Waals surface area contributed by atoms with E-state index in [1.165, 1.54) is 0 Å². The van der Waals surface area contributed by atoms with E-state index in [4.69, 9.17) is 9.47 Å². The second kappa shape index (κ2) is 6.88. The molecule has 0 amide bonds. The Kier molecular flexibility index (Phi) is 4.68. The number of ether oxygens (including phenoxy) is 2. The van der Waals surface area contributed by atoms with Crippen LogP contribution in [-0.4, -0.2) is 41.3 Å². The van der Waals surface area contributed by atoms with E-state index >= 15 is 0 Å². The summed E-state index contributed by atoms with van der Waals surface area (Å²) in [5.74, 6) is 1.62. The van der Waals surface area contributed by atoms with Crippen molar-refractivity contribution >= 4 is 11.6 Å². The van der Waals surface area contributed by atoms with E-state index in [0.29, 0.717) is 55.3 Å². The first kappa shape index (κ1) is 21.7. The van der Waals surface area contributed by atoms with Gasteiger partial charge in [-0.05, 0) is 78.9 Å². The van der Waals surface area contributed by atoms with Crippen LogP contribution in [0.2, 0.25) is 0 Å². The Morgan fingerprint density at radius 3 is 2.47 bits per heavy atom. The third-order valence-corrected chi connectivity index (χ3v) is 11.5. The molecule has 4 aliphatic carbocycles. The maximum atomic E-state index is 13.3. The van der Waals surface area contributed by atoms with Crippen LogP contribution in [0.4, 0.5) is 0 Å². The van der Waals surface area contributed by atoms with Gasteiger partial charge in [0.25, 0.3) is 0 Å². The first-order valence-corrected chi connectivity index (χ1v) is 13.2. The van der Waals surface area contributed by atoms with Crippen molar-refractivity contribution < 1.29 is 24.2 Å². The molecule has 2 aliphatic heterocycles. The van der Waals surface area contributed by atoms with Gasteiger partial charge in [0.15, 0.2) is 5.78 Å². The standard InChI is InChI=1S/C27H40O5/c1-14-9-23(30)27(31-13-14)15(2)24-22(32-27)12-19-17-11-21(29)20-10-16(28)5-7-25(20,3)18(17)6-8-26(19,24)4/h14-20,22,24,28H,5-13H2,1-4H3/t14-,15+,16+,17-,18+,19+,20-,22+,24+,25-,26+,27+/m1/s1. The number of aliphatic hydroxyl groups excluding tert-OH is 1. The van der Waals surface area contributed by atoms with Crippen molar-refractivity contribution in [2.75, 3.05) is 6.61 Å². The lowest BCUT2D eigenvalue weighted by molar-refractivity contribution is -0.252. The van der Waals surface area contributed by atoms with Crippen LogP contribution in [0.25, 0.3) is 0 Å². The molecule has 1 N–H and O–H groups in total. The van der Waals surface area contributed by atoms with E-state index in [1.807, 2.05) is 0 Å². The molecule has 1 spiro atoms. The number of hydrogen-bond donors (Lipinski definition) is 1. The first-order valence-electron chi connectivity index (χ1n) is 13.2. The van der Waals surface area contributed by atoms with Gasteiger partial charge in [-0.1, -0.05) is 27.7 Å². The van der Waals surface area contributed by atoms with Crippen molar-refractivity contribution in [2.45, 2.75) is 97.1 Å². The summed E-state index contributed by atoms with van der Waals surface area (Å²) in [6, 6.07) is 0. The number of ketones is 2. The molecule has 6 aliphatic rings. The Balaban J connectivity index is 1.30. The molecule has 6 rings (SSSR count). The Labute approximate surface area is 192 Å². The normalized spacial score (nSPS) is 59.5. The van der Waals surface area contributed by atoms with E-state index in [1.54, 1.807) is 0 Å². The maximum Gasteiger partial charge on any atom is 0.232 e. The topological polar surface area (TPSA) is 72.8 Å². The van der Waals surface area contributed by atoms with Crippen LogP contribution in [-0.2, 0) is 19.1 Å². The summed E-state index contributed by atoms with van der Waals surface area (Å²) >= 11 is 0. The van der Waals surface area contributed by atoms with E-state index in [-0.39, 0.29) is 46.6 Å². The largest absolute Gasteiger partial charge is 0.393 e. The average Bonchev–Trinajstić information content (AvgIpc) is 3.18. The van der Waals surface area contributed by atoms with Crippen molar-refractivity contribution in [3.8, 4) is 0 Å². The lowest BCUT2D eigenvalue weighted by atomic mass is 9.44. The summed E-state index contributed by atoms with van der Waals surface area (Å²) in [7, 11) is 0. The molecule has 2 saturated heterocycles. The fourth-order valence-electron chi connectivity index (χ4n) is 9.98. The highest BCUT2D eigenvalue weighted by atomic mass is 16.7. The molecule has 5 heteroatoms. The molecule has 0 aromatic rings. The van der Waals surface area contributed by atoms with Gasteiger partial charge in [-0.2, -0.15) is 0 Å². The Hall–Kier alpha value is -0.780. The molecule has 0 aromatic heterocycles. The number of aliphatic hydroxyl groups is 1. The molecule has 12 atom stereocenters. The summed E-state index contributed by atoms with van der Waals surface area (Å²) in [4.78, 5) is 26.5. The third-order valence-electron chi connectivity index (χ3n) is 11.5. The van der Waals surface area contributed by atoms with Crippen molar-refractivity contribution in [1.29, 1.82) is 0 Å². The fourth-order valence-corrected chi connectivity index (χ4v) is 9.98. The molecule has 4 saturated carbocycles. The molecule has 0 aromatic carbocycles. The zero-order valence-corrected chi connectivity index (χ0v) is 20.1. The Morgan fingerprint density at radius 1 is 0.969 bits per heavy atom. The van der Waals surface area contributed by atoms with Crippen LogP contribution in [0.1, 0.15) is 79.1 Å². The predicted molar refractivity (Wildman–Crippen MR) is 119 cm³/mol. The number of fused-ring (bicyclic) bond motifs is 7. The summed E-state index contributed by atoms with van der Waals surface area (Å²) in [5.41, 5.74) is 0.129. The summed E-state index contributed by atoms with van der Waals surface area (Å²) in [6.07, 6.45) is 6.69. The first-order chi connectivity index (χ1) is 15.1. The molecule has 6 fully saturated rings. The lowest BCUT2D eigenvalue weighted by Gasteiger charge is -2.60. The fraction of sp³-hybridized carbons (Fsp3) is 0.926. The second-order valence-electron chi connectivity index (χ2n) is 13.0. The van der Waals surface area contributed by atoms with E-state index < -0.39 is 5.79 Å². The van der Waals surface area contributed by atoms with Gasteiger partial charge in [-0.3, -0.25) is 9.59 Å². The van der Waals surface area contributed by atoms with Gasteiger partial charge in [-0.25, -0.2) is 0 Å². The van der Waals surface area contributed by atoms with Crippen molar-refractivity contribution in [1.82, 2.24) is 0 Å². The maximum absolute atomic E-state index is 13.3. The highest BCUT2D eigenvalue weighted by Crippen LogP contribution is 2.70. The molecule has 0 radical (unpaired) electrons. The number of Topliss-reactive ketones (excluding diaryl/α,β-unsaturated/α-hetero) is 2. The van der Waals surface area contributed by atoms with Gasteiger partial charge in [0.2, 0.25) is 5.79 Å². The van der Waals surface area contributed by atoms with Gasteiger partial charge < -0.3 is 14.6 Å². The Morgan fingerprint density at radius 2 is 1.72 bits per heavy atom. The van der Waals surface area contributed by atoms with Crippen LogP contribution < -0.4 is 0 Å². The second-order valence-corrected chi connectivity index (χ2v) is 13.0.